The van der Waals surface area contributed by atoms with Gasteiger partial charge in [0.1, 0.15) is 17.0 Å². The van der Waals surface area contributed by atoms with Crippen LogP contribution in [0.1, 0.15) is 26.5 Å². The predicted octanol–water partition coefficient (Wildman–Crippen LogP) is 6.35. The summed E-state index contributed by atoms with van der Waals surface area (Å²) < 4.78 is 55.1. The van der Waals surface area contributed by atoms with E-state index in [0.717, 1.165) is 6.07 Å². The van der Waals surface area contributed by atoms with Gasteiger partial charge in [-0.25, -0.2) is 23.1 Å². The fraction of sp³-hybridized carbons (Fsp3) is 0.192. The van der Waals surface area contributed by atoms with Crippen molar-refractivity contribution in [1.82, 2.24) is 19.7 Å². The zero-order valence-corrected chi connectivity index (χ0v) is 19.2. The van der Waals surface area contributed by atoms with E-state index in [4.69, 9.17) is 9.26 Å². The van der Waals surface area contributed by atoms with Crippen LogP contribution in [0, 0.1) is 17.5 Å². The first-order chi connectivity index (χ1) is 16.7. The van der Waals surface area contributed by atoms with Crippen LogP contribution < -0.4 is 4.74 Å². The Bertz CT molecular complexity index is 1490. The first-order valence-corrected chi connectivity index (χ1v) is 10.9. The van der Waals surface area contributed by atoms with Crippen LogP contribution in [0.25, 0.3) is 34.0 Å². The number of halogens is 3. The molecule has 0 spiro atoms. The molecule has 0 unspecified atom stereocenters. The van der Waals surface area contributed by atoms with E-state index < -0.39 is 23.1 Å². The van der Waals surface area contributed by atoms with Gasteiger partial charge in [0.15, 0.2) is 34.8 Å². The molecule has 5 rings (SSSR count). The lowest BCUT2D eigenvalue weighted by atomic mass is 10.1. The Kier molecular flexibility index (Phi) is 5.55. The quantitative estimate of drug-likeness (QED) is 0.295. The Morgan fingerprint density at radius 3 is 2.49 bits per heavy atom. The number of ether oxygens (including phenoxy) is 1. The van der Waals surface area contributed by atoms with E-state index in [-0.39, 0.29) is 17.1 Å². The number of aromatic nitrogens is 4. The van der Waals surface area contributed by atoms with E-state index in [0.29, 0.717) is 35.0 Å². The van der Waals surface area contributed by atoms with Gasteiger partial charge in [-0.3, -0.25) is 0 Å². The molecule has 0 saturated heterocycles. The van der Waals surface area contributed by atoms with Crippen LogP contribution in [-0.2, 0) is 6.54 Å². The Labute approximate surface area is 199 Å². The summed E-state index contributed by atoms with van der Waals surface area (Å²) in [6, 6.07) is 12.0. The first kappa shape index (κ1) is 22.6. The number of nitrogens with zero attached hydrogens (tertiary/aromatic N) is 4. The lowest BCUT2D eigenvalue weighted by Crippen LogP contribution is -2.23. The topological polar surface area (TPSA) is 66.0 Å². The SMILES string of the molecule is CC(C)(C)Oc1ccc(-c2cc(Cn3ccc4nc(-c5cccc(F)c5F)nc-4c3)on2)cc1F. The van der Waals surface area contributed by atoms with E-state index in [1.54, 1.807) is 41.2 Å². The number of pyridine rings is 1. The lowest BCUT2D eigenvalue weighted by Gasteiger charge is -2.21. The second kappa shape index (κ2) is 8.57. The van der Waals surface area contributed by atoms with E-state index in [2.05, 4.69) is 15.1 Å². The molecular formula is C26H21F3N4O2. The fourth-order valence-corrected chi connectivity index (χ4v) is 3.62. The zero-order chi connectivity index (χ0) is 24.7. The highest BCUT2D eigenvalue weighted by Gasteiger charge is 2.19. The van der Waals surface area contributed by atoms with Crippen molar-refractivity contribution in [2.24, 2.45) is 0 Å². The van der Waals surface area contributed by atoms with Crippen molar-refractivity contribution < 1.29 is 22.4 Å². The van der Waals surface area contributed by atoms with Crippen molar-refractivity contribution in [3.63, 3.8) is 0 Å². The summed E-state index contributed by atoms with van der Waals surface area (Å²) in [4.78, 5) is 8.65. The van der Waals surface area contributed by atoms with Gasteiger partial charge in [-0.05, 0) is 57.2 Å². The van der Waals surface area contributed by atoms with Gasteiger partial charge in [-0.2, -0.15) is 0 Å². The molecule has 0 fully saturated rings. The van der Waals surface area contributed by atoms with E-state index in [1.807, 2.05) is 20.8 Å². The van der Waals surface area contributed by atoms with Gasteiger partial charge in [0.05, 0.1) is 17.8 Å². The van der Waals surface area contributed by atoms with Crippen molar-refractivity contribution in [3.05, 3.63) is 84.1 Å². The predicted molar refractivity (Wildman–Crippen MR) is 123 cm³/mol. The maximum absolute atomic E-state index is 14.5. The summed E-state index contributed by atoms with van der Waals surface area (Å²) in [6.07, 6.45) is 3.49. The molecule has 0 bridgehead atoms. The minimum absolute atomic E-state index is 0.00113. The van der Waals surface area contributed by atoms with E-state index >= 15 is 0 Å². The van der Waals surface area contributed by atoms with Gasteiger partial charge < -0.3 is 13.8 Å². The number of rotatable bonds is 5. The zero-order valence-electron chi connectivity index (χ0n) is 19.2. The highest BCUT2D eigenvalue weighted by Crippen LogP contribution is 2.29. The van der Waals surface area contributed by atoms with Crippen molar-refractivity contribution in [1.29, 1.82) is 0 Å². The van der Waals surface area contributed by atoms with Crippen LogP contribution in [0.4, 0.5) is 13.2 Å². The van der Waals surface area contributed by atoms with Gasteiger partial charge in [0.25, 0.3) is 0 Å². The van der Waals surface area contributed by atoms with Crippen LogP contribution >= 0.6 is 0 Å². The normalized spacial score (nSPS) is 11.8. The Balaban J connectivity index is 1.36. The minimum atomic E-state index is -0.987. The highest BCUT2D eigenvalue weighted by atomic mass is 19.2. The summed E-state index contributed by atoms with van der Waals surface area (Å²) in [5, 5.41) is 4.05. The van der Waals surface area contributed by atoms with E-state index in [1.165, 1.54) is 18.2 Å². The highest BCUT2D eigenvalue weighted by molar-refractivity contribution is 5.66. The summed E-state index contributed by atoms with van der Waals surface area (Å²) in [5.41, 5.74) is 1.59. The van der Waals surface area contributed by atoms with Crippen LogP contribution in [0.3, 0.4) is 0 Å². The maximum Gasteiger partial charge on any atom is 0.169 e. The molecule has 2 aromatic carbocycles. The first-order valence-electron chi connectivity index (χ1n) is 10.9. The number of hydrogen-bond acceptors (Lipinski definition) is 5. The molecule has 2 aliphatic heterocycles. The Hall–Kier alpha value is -4.14. The standard InChI is InChI=1S/C26H21F3N4O2/c1-26(2,3)34-23-8-7-15(11-19(23)28)21-12-16(35-32-21)13-33-10-9-20-22(14-33)31-25(30-20)17-5-4-6-18(27)24(17)29/h4-12,14H,13H2,1-3H3. The minimum Gasteiger partial charge on any atom is -0.485 e. The van der Waals surface area contributed by atoms with E-state index in [9.17, 15) is 13.2 Å². The molecule has 6 nitrogen and oxygen atoms in total. The number of fused-ring (bicyclic) bond motifs is 1. The van der Waals surface area contributed by atoms with Crippen molar-refractivity contribution in [3.8, 4) is 39.8 Å². The third kappa shape index (κ3) is 4.75. The summed E-state index contributed by atoms with van der Waals surface area (Å²) in [6.45, 7) is 5.87. The molecule has 0 atom stereocenters. The summed E-state index contributed by atoms with van der Waals surface area (Å²) in [7, 11) is 0. The molecule has 0 radical (unpaired) electrons. The van der Waals surface area contributed by atoms with Crippen LogP contribution in [0.5, 0.6) is 5.75 Å². The van der Waals surface area contributed by atoms with Crippen LogP contribution in [-0.4, -0.2) is 25.3 Å². The van der Waals surface area contributed by atoms with Crippen LogP contribution in [0.2, 0.25) is 0 Å². The second-order valence-electron chi connectivity index (χ2n) is 9.07. The lowest BCUT2D eigenvalue weighted by molar-refractivity contribution is 0.124. The molecule has 0 aliphatic carbocycles. The Morgan fingerprint density at radius 2 is 1.71 bits per heavy atom. The van der Waals surface area contributed by atoms with Crippen molar-refractivity contribution in [2.75, 3.05) is 0 Å². The molecule has 3 aromatic rings. The average molecular weight is 478 g/mol. The molecule has 0 saturated carbocycles. The number of hydrogen-bond donors (Lipinski definition) is 0. The van der Waals surface area contributed by atoms with Crippen molar-refractivity contribution >= 4 is 0 Å². The molecule has 1 aromatic heterocycles. The molecular weight excluding hydrogens is 457 g/mol. The third-order valence-corrected chi connectivity index (χ3v) is 5.16. The number of imidazole rings is 1. The third-order valence-electron chi connectivity index (χ3n) is 5.16. The van der Waals surface area contributed by atoms with Gasteiger partial charge in [0.2, 0.25) is 0 Å². The van der Waals surface area contributed by atoms with Gasteiger partial charge >= 0.3 is 0 Å². The maximum atomic E-state index is 14.5. The van der Waals surface area contributed by atoms with Gasteiger partial charge in [-0.1, -0.05) is 11.2 Å². The summed E-state index contributed by atoms with van der Waals surface area (Å²) in [5.74, 6) is -1.61. The smallest absolute Gasteiger partial charge is 0.169 e. The molecule has 9 heteroatoms. The largest absolute Gasteiger partial charge is 0.485 e. The summed E-state index contributed by atoms with van der Waals surface area (Å²) >= 11 is 0. The molecule has 2 aliphatic rings. The Morgan fingerprint density at radius 1 is 0.914 bits per heavy atom. The molecule has 3 heterocycles. The number of benzene rings is 2. The van der Waals surface area contributed by atoms with Crippen LogP contribution in [0.15, 0.2) is 65.4 Å². The molecule has 0 amide bonds. The molecule has 35 heavy (non-hydrogen) atoms. The van der Waals surface area contributed by atoms with Gasteiger partial charge in [0, 0.05) is 24.0 Å². The monoisotopic (exact) mass is 478 g/mol. The average Bonchev–Trinajstić information content (AvgIpc) is 3.43. The van der Waals surface area contributed by atoms with Gasteiger partial charge in [-0.15, -0.1) is 0 Å². The molecule has 178 valence electrons. The second-order valence-corrected chi connectivity index (χ2v) is 9.07. The van der Waals surface area contributed by atoms with Crippen molar-refractivity contribution in [2.45, 2.75) is 32.9 Å². The fourth-order valence-electron chi connectivity index (χ4n) is 3.62. The molecule has 0 N–H and O–H groups in total.